The van der Waals surface area contributed by atoms with Gasteiger partial charge in [0, 0.05) is 24.9 Å². The molecule has 0 fully saturated rings. The van der Waals surface area contributed by atoms with Crippen LogP contribution in [-0.4, -0.2) is 53.5 Å². The normalized spacial score (nSPS) is 11.1. The first kappa shape index (κ1) is 21.9. The zero-order valence-electron chi connectivity index (χ0n) is 17.2. The van der Waals surface area contributed by atoms with Crippen LogP contribution in [0.1, 0.15) is 46.0 Å². The third-order valence-electron chi connectivity index (χ3n) is 4.82. The van der Waals surface area contributed by atoms with Crippen molar-refractivity contribution in [2.75, 3.05) is 43.4 Å². The second-order valence-corrected chi connectivity index (χ2v) is 6.92. The highest BCUT2D eigenvalue weighted by atomic mass is 16.1. The summed E-state index contributed by atoms with van der Waals surface area (Å²) in [6.07, 6.45) is 4.27. The first-order valence-corrected chi connectivity index (χ1v) is 10.4. The lowest BCUT2D eigenvalue weighted by Gasteiger charge is -2.18. The highest BCUT2D eigenvalue weighted by Crippen LogP contribution is 2.21. The lowest BCUT2D eigenvalue weighted by molar-refractivity contribution is -0.118. The van der Waals surface area contributed by atoms with Crippen molar-refractivity contribution in [3.05, 3.63) is 24.3 Å². The van der Waals surface area contributed by atoms with Crippen molar-refractivity contribution in [3.63, 3.8) is 0 Å². The molecule has 4 N–H and O–H groups in total. The average molecular weight is 387 g/mol. The van der Waals surface area contributed by atoms with Gasteiger partial charge in [0.05, 0.1) is 5.52 Å². The van der Waals surface area contributed by atoms with Crippen molar-refractivity contribution in [2.45, 2.75) is 46.0 Å². The van der Waals surface area contributed by atoms with Gasteiger partial charge in [-0.1, -0.05) is 32.4 Å². The average Bonchev–Trinajstić information content (AvgIpc) is 2.70. The van der Waals surface area contributed by atoms with Gasteiger partial charge >= 0.3 is 0 Å². The van der Waals surface area contributed by atoms with E-state index in [0.29, 0.717) is 12.4 Å². The van der Waals surface area contributed by atoms with Crippen LogP contribution in [-0.2, 0) is 4.79 Å². The molecule has 0 radical (unpaired) electrons. The Kier molecular flexibility index (Phi) is 9.48. The lowest BCUT2D eigenvalue weighted by atomic mass is 10.2. The fourth-order valence-electron chi connectivity index (χ4n) is 3.14. The summed E-state index contributed by atoms with van der Waals surface area (Å²) < 4.78 is 0. The molecule has 2 rings (SSSR count). The van der Waals surface area contributed by atoms with Gasteiger partial charge in [-0.05, 0) is 51.0 Å². The van der Waals surface area contributed by atoms with E-state index in [9.17, 15) is 4.79 Å². The van der Waals surface area contributed by atoms with E-state index in [2.05, 4.69) is 45.4 Å². The number of nitrogens with two attached hydrogens (primary N) is 1. The van der Waals surface area contributed by atoms with Gasteiger partial charge < -0.3 is 21.3 Å². The molecule has 0 unspecified atom stereocenters. The molecule has 7 nitrogen and oxygen atoms in total. The predicted octanol–water partition coefficient (Wildman–Crippen LogP) is 3.23. The molecule has 154 valence electrons. The SMILES string of the molecule is CCN(CC)CCCNc1nc(NCCCCCC(N)=O)nc2ccccc12. The number of primary amides is 1. The fourth-order valence-corrected chi connectivity index (χ4v) is 3.14. The van der Waals surface area contributed by atoms with E-state index in [0.717, 1.165) is 75.1 Å². The molecule has 0 aliphatic rings. The molecule has 0 saturated carbocycles. The van der Waals surface area contributed by atoms with E-state index in [1.807, 2.05) is 18.2 Å². The van der Waals surface area contributed by atoms with Gasteiger partial charge in [0.2, 0.25) is 11.9 Å². The summed E-state index contributed by atoms with van der Waals surface area (Å²) in [6, 6.07) is 8.07. The Bertz CT molecular complexity index is 732. The van der Waals surface area contributed by atoms with Crippen LogP contribution in [0, 0.1) is 0 Å². The molecule has 0 aliphatic carbocycles. The molecular weight excluding hydrogens is 352 g/mol. The van der Waals surface area contributed by atoms with Gasteiger partial charge in [0.25, 0.3) is 0 Å². The summed E-state index contributed by atoms with van der Waals surface area (Å²) in [5.74, 6) is 1.28. The van der Waals surface area contributed by atoms with Gasteiger partial charge in [-0.25, -0.2) is 4.98 Å². The smallest absolute Gasteiger partial charge is 0.225 e. The van der Waals surface area contributed by atoms with E-state index in [-0.39, 0.29) is 5.91 Å². The number of anilines is 2. The van der Waals surface area contributed by atoms with Crippen LogP contribution in [0.4, 0.5) is 11.8 Å². The number of nitrogens with zero attached hydrogens (tertiary/aromatic N) is 3. The number of benzene rings is 1. The number of amides is 1. The number of hydrogen-bond acceptors (Lipinski definition) is 6. The van der Waals surface area contributed by atoms with Gasteiger partial charge in [0.1, 0.15) is 5.82 Å². The van der Waals surface area contributed by atoms with E-state index >= 15 is 0 Å². The number of carbonyl (C=O) groups excluding carboxylic acids is 1. The molecule has 28 heavy (non-hydrogen) atoms. The van der Waals surface area contributed by atoms with Crippen LogP contribution < -0.4 is 16.4 Å². The maximum atomic E-state index is 10.8. The molecule has 0 saturated heterocycles. The van der Waals surface area contributed by atoms with E-state index in [1.165, 1.54) is 0 Å². The lowest BCUT2D eigenvalue weighted by Crippen LogP contribution is -2.25. The number of para-hydroxylation sites is 1. The maximum absolute atomic E-state index is 10.8. The second-order valence-electron chi connectivity index (χ2n) is 6.92. The number of fused-ring (bicyclic) bond motifs is 1. The maximum Gasteiger partial charge on any atom is 0.225 e. The number of aromatic nitrogens is 2. The van der Waals surface area contributed by atoms with Crippen molar-refractivity contribution in [3.8, 4) is 0 Å². The third-order valence-corrected chi connectivity index (χ3v) is 4.82. The van der Waals surface area contributed by atoms with Crippen LogP contribution in [0.2, 0.25) is 0 Å². The van der Waals surface area contributed by atoms with Crippen molar-refractivity contribution in [1.29, 1.82) is 0 Å². The number of hydrogen-bond donors (Lipinski definition) is 3. The van der Waals surface area contributed by atoms with Crippen LogP contribution >= 0.6 is 0 Å². The van der Waals surface area contributed by atoms with Gasteiger partial charge in [-0.15, -0.1) is 0 Å². The van der Waals surface area contributed by atoms with Crippen molar-refractivity contribution >= 4 is 28.6 Å². The van der Waals surface area contributed by atoms with Gasteiger partial charge in [-0.2, -0.15) is 4.98 Å². The molecule has 0 atom stereocenters. The zero-order chi connectivity index (χ0) is 20.2. The molecular formula is C21H34N6O. The van der Waals surface area contributed by atoms with Crippen molar-refractivity contribution in [1.82, 2.24) is 14.9 Å². The topological polar surface area (TPSA) is 96.2 Å². The Morgan fingerprint density at radius 1 is 1.00 bits per heavy atom. The van der Waals surface area contributed by atoms with E-state index in [1.54, 1.807) is 0 Å². The summed E-state index contributed by atoms with van der Waals surface area (Å²) in [6.45, 7) is 9.30. The largest absolute Gasteiger partial charge is 0.370 e. The minimum atomic E-state index is -0.234. The number of carbonyl (C=O) groups is 1. The Morgan fingerprint density at radius 3 is 2.50 bits per heavy atom. The Hall–Kier alpha value is -2.41. The van der Waals surface area contributed by atoms with Gasteiger partial charge in [0.15, 0.2) is 0 Å². The first-order valence-electron chi connectivity index (χ1n) is 10.4. The minimum Gasteiger partial charge on any atom is -0.370 e. The molecule has 1 heterocycles. The summed E-state index contributed by atoms with van der Waals surface area (Å²) in [5, 5.41) is 7.83. The summed E-state index contributed by atoms with van der Waals surface area (Å²) in [5.41, 5.74) is 6.10. The quantitative estimate of drug-likeness (QED) is 0.431. The van der Waals surface area contributed by atoms with Crippen molar-refractivity contribution in [2.24, 2.45) is 5.73 Å². The van der Waals surface area contributed by atoms with E-state index in [4.69, 9.17) is 5.73 Å². The molecule has 0 aliphatic heterocycles. The highest BCUT2D eigenvalue weighted by Gasteiger charge is 2.07. The molecule has 1 aromatic carbocycles. The molecule has 2 aromatic rings. The minimum absolute atomic E-state index is 0.234. The van der Waals surface area contributed by atoms with Crippen LogP contribution in [0.3, 0.4) is 0 Å². The zero-order valence-corrected chi connectivity index (χ0v) is 17.2. The molecule has 1 amide bonds. The first-order chi connectivity index (χ1) is 13.6. The van der Waals surface area contributed by atoms with Crippen molar-refractivity contribution < 1.29 is 4.79 Å². The van der Waals surface area contributed by atoms with E-state index < -0.39 is 0 Å². The Labute approximate surface area is 168 Å². The Morgan fingerprint density at radius 2 is 1.75 bits per heavy atom. The number of nitrogens with one attached hydrogen (secondary N) is 2. The number of unbranched alkanes of at least 4 members (excludes halogenated alkanes) is 2. The second kappa shape index (κ2) is 12.1. The molecule has 0 spiro atoms. The van der Waals surface area contributed by atoms with Gasteiger partial charge in [-0.3, -0.25) is 4.79 Å². The highest BCUT2D eigenvalue weighted by molar-refractivity contribution is 5.90. The fraction of sp³-hybridized carbons (Fsp3) is 0.571. The third kappa shape index (κ3) is 7.31. The monoisotopic (exact) mass is 386 g/mol. The molecule has 0 bridgehead atoms. The summed E-state index contributed by atoms with van der Waals surface area (Å²) in [4.78, 5) is 22.5. The van der Waals surface area contributed by atoms with Crippen LogP contribution in [0.25, 0.3) is 10.9 Å². The predicted molar refractivity (Wildman–Crippen MR) is 117 cm³/mol. The van der Waals surface area contributed by atoms with Crippen LogP contribution in [0.15, 0.2) is 24.3 Å². The number of rotatable bonds is 14. The molecule has 1 aromatic heterocycles. The van der Waals surface area contributed by atoms with Crippen LogP contribution in [0.5, 0.6) is 0 Å². The summed E-state index contributed by atoms with van der Waals surface area (Å²) in [7, 11) is 0. The Balaban J connectivity index is 1.91. The standard InChI is InChI=1S/C21H34N6O/c1-3-27(4-2)16-10-15-23-20-17-11-7-8-12-18(17)25-21(26-20)24-14-9-5-6-13-19(22)28/h7-8,11-12H,3-6,9-10,13-16H2,1-2H3,(H2,22,28)(H2,23,24,25,26). The molecule has 7 heteroatoms. The summed E-state index contributed by atoms with van der Waals surface area (Å²) >= 11 is 0.